The number of non-ortho nitro benzene ring substituents is 1. The van der Waals surface area contributed by atoms with Crippen LogP contribution < -0.4 is 26.8 Å². The topological polar surface area (TPSA) is 164 Å². The van der Waals surface area contributed by atoms with E-state index in [1.54, 1.807) is 12.1 Å². The highest BCUT2D eigenvalue weighted by Gasteiger charge is 2.23. The lowest BCUT2D eigenvalue weighted by molar-refractivity contribution is -0.384. The molecule has 10 nitrogen and oxygen atoms in total. The van der Waals surface area contributed by atoms with E-state index >= 15 is 0 Å². The number of rotatable bonds is 4. The number of hydrogen-bond acceptors (Lipinski definition) is 9. The Morgan fingerprint density at radius 1 is 1.27 bits per heavy atom. The molecule has 2 aromatic heterocycles. The van der Waals surface area contributed by atoms with Gasteiger partial charge in [-0.3, -0.25) is 10.1 Å². The molecular weight excluding hydrogens is 408 g/mol. The van der Waals surface area contributed by atoms with E-state index in [2.05, 4.69) is 4.90 Å². The highest BCUT2D eigenvalue weighted by atomic mass is 32.1. The molecule has 6 N–H and O–H groups in total. The summed E-state index contributed by atoms with van der Waals surface area (Å²) < 4.78 is 5.04. The number of piperidine rings is 1. The Morgan fingerprint density at radius 2 is 1.93 bits per heavy atom. The van der Waals surface area contributed by atoms with Crippen molar-refractivity contribution in [2.75, 3.05) is 23.7 Å². The standard InChI is InChI=1S/C19H20N6O4S/c20-11-5-7-24(8-6-11)14-9-13(10-1-3-12(4-2-10)25(27)28)15-16(21)18(29-19(22)26)30-17(15)23-14/h1-4,9,11H,5-8,20-21H2,(H2,22,26). The summed E-state index contributed by atoms with van der Waals surface area (Å²) in [4.78, 5) is 29.3. The van der Waals surface area contributed by atoms with Gasteiger partial charge in [0.2, 0.25) is 5.06 Å². The minimum atomic E-state index is -0.963. The first-order chi connectivity index (χ1) is 14.3. The second-order valence-electron chi connectivity index (χ2n) is 7.06. The summed E-state index contributed by atoms with van der Waals surface area (Å²) in [5.41, 5.74) is 19.1. The number of primary amides is 1. The van der Waals surface area contributed by atoms with Crippen molar-refractivity contribution in [3.8, 4) is 16.2 Å². The minimum absolute atomic E-state index is 0.00895. The van der Waals surface area contributed by atoms with E-state index in [0.717, 1.165) is 54.2 Å². The van der Waals surface area contributed by atoms with Gasteiger partial charge in [-0.05, 0) is 42.2 Å². The van der Waals surface area contributed by atoms with Crippen molar-refractivity contribution < 1.29 is 14.5 Å². The third-order valence-electron chi connectivity index (χ3n) is 5.10. The van der Waals surface area contributed by atoms with Crippen LogP contribution in [0.3, 0.4) is 0 Å². The first-order valence-electron chi connectivity index (χ1n) is 9.29. The SMILES string of the molecule is NC(=O)Oc1sc2nc(N3CCC(N)CC3)cc(-c3ccc([N+](=O)[O-])cc3)c2c1N. The number of nitro benzene ring substituents is 1. The largest absolute Gasteiger partial charge is 0.410 e. The van der Waals surface area contributed by atoms with Crippen molar-refractivity contribution in [2.45, 2.75) is 18.9 Å². The Hall–Kier alpha value is -3.44. The normalized spacial score (nSPS) is 14.8. The predicted molar refractivity (Wildman–Crippen MR) is 116 cm³/mol. The molecule has 1 aromatic carbocycles. The Labute approximate surface area is 175 Å². The number of pyridine rings is 1. The quantitative estimate of drug-likeness (QED) is 0.422. The van der Waals surface area contributed by atoms with E-state index in [1.165, 1.54) is 12.1 Å². The molecule has 0 bridgehead atoms. The van der Waals surface area contributed by atoms with Crippen LogP contribution >= 0.6 is 11.3 Å². The molecular formula is C19H20N6O4S. The molecule has 0 atom stereocenters. The maximum atomic E-state index is 11.2. The molecule has 1 amide bonds. The number of amides is 1. The summed E-state index contributed by atoms with van der Waals surface area (Å²) in [6.45, 7) is 1.54. The lowest BCUT2D eigenvalue weighted by Crippen LogP contribution is -2.40. The lowest BCUT2D eigenvalue weighted by atomic mass is 10.0. The van der Waals surface area contributed by atoms with Crippen molar-refractivity contribution in [1.82, 2.24) is 4.98 Å². The Morgan fingerprint density at radius 3 is 2.53 bits per heavy atom. The van der Waals surface area contributed by atoms with Gasteiger partial charge in [0.05, 0.1) is 10.6 Å². The van der Waals surface area contributed by atoms with E-state index in [1.807, 2.05) is 6.07 Å². The van der Waals surface area contributed by atoms with Crippen LogP contribution in [-0.2, 0) is 0 Å². The fourth-order valence-corrected chi connectivity index (χ4v) is 4.51. The Bertz CT molecular complexity index is 1120. The number of benzene rings is 1. The first-order valence-corrected chi connectivity index (χ1v) is 10.1. The van der Waals surface area contributed by atoms with Crippen molar-refractivity contribution in [3.63, 3.8) is 0 Å². The van der Waals surface area contributed by atoms with Gasteiger partial charge in [-0.15, -0.1) is 0 Å². The van der Waals surface area contributed by atoms with E-state index in [0.29, 0.717) is 10.2 Å². The number of fused-ring (bicyclic) bond motifs is 1. The molecule has 0 unspecified atom stereocenters. The molecule has 30 heavy (non-hydrogen) atoms. The van der Waals surface area contributed by atoms with Crippen molar-refractivity contribution >= 4 is 44.8 Å². The Balaban J connectivity index is 1.87. The van der Waals surface area contributed by atoms with E-state index in [9.17, 15) is 14.9 Å². The highest BCUT2D eigenvalue weighted by molar-refractivity contribution is 7.21. The zero-order chi connectivity index (χ0) is 21.4. The third kappa shape index (κ3) is 3.72. The molecule has 1 saturated heterocycles. The molecule has 3 aromatic rings. The molecule has 0 spiro atoms. The number of anilines is 2. The maximum absolute atomic E-state index is 11.2. The second kappa shape index (κ2) is 7.76. The summed E-state index contributed by atoms with van der Waals surface area (Å²) in [6.07, 6.45) is 0.750. The molecule has 4 rings (SSSR count). The fraction of sp³-hybridized carbons (Fsp3) is 0.263. The van der Waals surface area contributed by atoms with Crippen molar-refractivity contribution in [3.05, 3.63) is 40.4 Å². The number of thiophene rings is 1. The van der Waals surface area contributed by atoms with Crippen molar-refractivity contribution in [2.24, 2.45) is 11.5 Å². The molecule has 11 heteroatoms. The van der Waals surface area contributed by atoms with Gasteiger partial charge in [-0.2, -0.15) is 0 Å². The highest BCUT2D eigenvalue weighted by Crippen LogP contribution is 2.45. The third-order valence-corrected chi connectivity index (χ3v) is 6.07. The number of nitrogens with two attached hydrogens (primary N) is 3. The molecule has 156 valence electrons. The van der Waals surface area contributed by atoms with Crippen LogP contribution in [-0.4, -0.2) is 35.1 Å². The zero-order valence-corrected chi connectivity index (χ0v) is 16.7. The van der Waals surface area contributed by atoms with Gasteiger partial charge in [0.15, 0.2) is 0 Å². The number of aromatic nitrogens is 1. The van der Waals surface area contributed by atoms with Gasteiger partial charge in [0, 0.05) is 36.7 Å². The summed E-state index contributed by atoms with van der Waals surface area (Å²) in [7, 11) is 0. The van der Waals surface area contributed by atoms with Gasteiger partial charge in [-0.25, -0.2) is 9.78 Å². The number of nitro groups is 1. The van der Waals surface area contributed by atoms with Crippen LogP contribution in [0.1, 0.15) is 12.8 Å². The van der Waals surface area contributed by atoms with Gasteiger partial charge >= 0.3 is 6.09 Å². The van der Waals surface area contributed by atoms with Crippen LogP contribution in [0, 0.1) is 10.1 Å². The second-order valence-corrected chi connectivity index (χ2v) is 8.02. The number of ether oxygens (including phenoxy) is 1. The number of hydrogen-bond donors (Lipinski definition) is 3. The smallest absolute Gasteiger partial charge is 0.397 e. The van der Waals surface area contributed by atoms with Crippen LogP contribution in [0.4, 0.5) is 22.0 Å². The molecule has 0 aliphatic carbocycles. The maximum Gasteiger partial charge on any atom is 0.410 e. The minimum Gasteiger partial charge on any atom is -0.397 e. The summed E-state index contributed by atoms with van der Waals surface area (Å²) >= 11 is 1.13. The van der Waals surface area contributed by atoms with Gasteiger partial charge in [-0.1, -0.05) is 11.3 Å². The summed E-state index contributed by atoms with van der Waals surface area (Å²) in [5, 5.41) is 11.8. The Kier molecular flexibility index (Phi) is 5.14. The molecule has 1 aliphatic rings. The van der Waals surface area contributed by atoms with E-state index in [-0.39, 0.29) is 22.5 Å². The van der Waals surface area contributed by atoms with Crippen LogP contribution in [0.15, 0.2) is 30.3 Å². The molecule has 1 fully saturated rings. The summed E-state index contributed by atoms with van der Waals surface area (Å²) in [5.74, 6) is 0.745. The van der Waals surface area contributed by atoms with Gasteiger partial charge in [0.1, 0.15) is 10.6 Å². The monoisotopic (exact) mass is 428 g/mol. The molecule has 0 saturated carbocycles. The molecule has 3 heterocycles. The lowest BCUT2D eigenvalue weighted by Gasteiger charge is -2.31. The average molecular weight is 428 g/mol. The van der Waals surface area contributed by atoms with Crippen LogP contribution in [0.25, 0.3) is 21.3 Å². The van der Waals surface area contributed by atoms with Crippen LogP contribution in [0.2, 0.25) is 0 Å². The molecule has 0 radical (unpaired) electrons. The number of nitrogens with zero attached hydrogens (tertiary/aromatic N) is 3. The molecule has 1 aliphatic heterocycles. The fourth-order valence-electron chi connectivity index (χ4n) is 3.54. The zero-order valence-electron chi connectivity index (χ0n) is 15.9. The van der Waals surface area contributed by atoms with Crippen LogP contribution in [0.5, 0.6) is 5.06 Å². The summed E-state index contributed by atoms with van der Waals surface area (Å²) in [6, 6.07) is 8.27. The van der Waals surface area contributed by atoms with E-state index in [4.69, 9.17) is 26.9 Å². The van der Waals surface area contributed by atoms with Gasteiger partial charge in [0.25, 0.3) is 5.69 Å². The number of nitrogen functional groups attached to an aromatic ring is 1. The number of carbonyl (C=O) groups excluding carboxylic acids is 1. The van der Waals surface area contributed by atoms with Gasteiger partial charge < -0.3 is 26.8 Å². The van der Waals surface area contributed by atoms with Crippen molar-refractivity contribution in [1.29, 1.82) is 0 Å². The average Bonchev–Trinajstić information content (AvgIpc) is 3.02. The predicted octanol–water partition coefficient (Wildman–Crippen LogP) is 2.84. The first kappa shape index (κ1) is 19.9. The van der Waals surface area contributed by atoms with E-state index < -0.39 is 11.0 Å². The number of carbonyl (C=O) groups is 1.